The highest BCUT2D eigenvalue weighted by atomic mass is 32.2. The second-order valence-corrected chi connectivity index (χ2v) is 12.4. The number of benzene rings is 2. The van der Waals surface area contributed by atoms with Crippen LogP contribution in [-0.4, -0.2) is 81.3 Å². The average molecular weight is 743 g/mol. The molecule has 2 aromatic heterocycles. The first kappa shape index (κ1) is 44.6. The van der Waals surface area contributed by atoms with Crippen molar-refractivity contribution < 1.29 is 42.7 Å². The third-order valence-corrected chi connectivity index (χ3v) is 7.02. The van der Waals surface area contributed by atoms with Crippen LogP contribution in [0.25, 0.3) is 11.0 Å². The number of nitrogens with one attached hydrogen (secondary N) is 3. The second kappa shape index (κ2) is 22.4. The Bertz CT molecular complexity index is 1840. The monoisotopic (exact) mass is 742 g/mol. The topological polar surface area (TPSA) is 248 Å². The molecule has 1 radical (unpaired) electrons. The number of alkyl carbamates (subject to hydrolysis) is 1. The summed E-state index contributed by atoms with van der Waals surface area (Å²) in [5.41, 5.74) is 3.17. The van der Waals surface area contributed by atoms with E-state index in [1.54, 1.807) is 55.6 Å². The molecule has 4 rings (SSSR count). The molecule has 17 heteroatoms. The van der Waals surface area contributed by atoms with E-state index in [0.717, 1.165) is 42.7 Å². The van der Waals surface area contributed by atoms with Crippen molar-refractivity contribution in [1.29, 1.82) is 5.41 Å². The summed E-state index contributed by atoms with van der Waals surface area (Å²) in [6.07, 6.45) is 5.44. The van der Waals surface area contributed by atoms with E-state index in [0.29, 0.717) is 41.9 Å². The van der Waals surface area contributed by atoms with Gasteiger partial charge in [-0.25, -0.2) is 14.8 Å². The van der Waals surface area contributed by atoms with Gasteiger partial charge >= 0.3 is 12.1 Å². The van der Waals surface area contributed by atoms with Gasteiger partial charge in [0.1, 0.15) is 17.5 Å². The summed E-state index contributed by atoms with van der Waals surface area (Å²) >= 11 is 0. The SMILES string of the molecule is CCCCCCOC(=O)NC(=N)c1ccc(NCc2nc3cc(C(=O)N(CCC(=O)O)c4ccccn4)ccc3n2C)cc1.CS(=O)(=O)O.O.[CH2]C. The number of amides is 2. The number of aliphatic carboxylic acids is 1. The van der Waals surface area contributed by atoms with Crippen molar-refractivity contribution >= 4 is 56.5 Å². The number of amidine groups is 1. The zero-order valence-corrected chi connectivity index (χ0v) is 30.6. The molecule has 16 nitrogen and oxygen atoms in total. The van der Waals surface area contributed by atoms with Gasteiger partial charge in [-0.05, 0) is 61.0 Å². The van der Waals surface area contributed by atoms with E-state index < -0.39 is 22.2 Å². The van der Waals surface area contributed by atoms with Gasteiger partial charge in [0.05, 0.1) is 36.9 Å². The number of fused-ring (bicyclic) bond motifs is 1. The van der Waals surface area contributed by atoms with Crippen LogP contribution in [0.2, 0.25) is 0 Å². The highest BCUT2D eigenvalue weighted by molar-refractivity contribution is 7.85. The largest absolute Gasteiger partial charge is 0.481 e. The van der Waals surface area contributed by atoms with Crippen molar-refractivity contribution in [1.82, 2.24) is 19.9 Å². The highest BCUT2D eigenvalue weighted by Gasteiger charge is 2.21. The van der Waals surface area contributed by atoms with Crippen molar-refractivity contribution in [3.8, 4) is 0 Å². The predicted molar refractivity (Wildman–Crippen MR) is 200 cm³/mol. The quantitative estimate of drug-likeness (QED) is 0.0505. The van der Waals surface area contributed by atoms with Crippen molar-refractivity contribution in [3.05, 3.63) is 90.7 Å². The van der Waals surface area contributed by atoms with Gasteiger partial charge in [0, 0.05) is 36.6 Å². The maximum atomic E-state index is 13.4. The van der Waals surface area contributed by atoms with Gasteiger partial charge in [-0.1, -0.05) is 46.1 Å². The zero-order valence-electron chi connectivity index (χ0n) is 29.8. The fourth-order valence-corrected chi connectivity index (χ4v) is 4.58. The Labute approximate surface area is 303 Å². The van der Waals surface area contributed by atoms with E-state index >= 15 is 0 Å². The van der Waals surface area contributed by atoms with Gasteiger partial charge < -0.3 is 25.2 Å². The fraction of sp³-hybridized carbons (Fsp3) is 0.343. The summed E-state index contributed by atoms with van der Waals surface area (Å²) in [6.45, 7) is 7.83. The molecule has 4 aromatic rings. The van der Waals surface area contributed by atoms with E-state index in [1.165, 1.54) is 4.90 Å². The molecule has 0 atom stereocenters. The Morgan fingerprint density at radius 3 is 2.27 bits per heavy atom. The molecule has 0 saturated carbocycles. The number of imidazole rings is 1. The van der Waals surface area contributed by atoms with Crippen molar-refractivity contribution in [2.75, 3.05) is 29.6 Å². The number of unbranched alkanes of at least 4 members (excludes halogenated alkanes) is 3. The normalized spacial score (nSPS) is 10.3. The van der Waals surface area contributed by atoms with Crippen LogP contribution in [0.3, 0.4) is 0 Å². The second-order valence-electron chi connectivity index (χ2n) is 10.9. The lowest BCUT2D eigenvalue weighted by Crippen LogP contribution is -2.33. The smallest absolute Gasteiger partial charge is 0.412 e. The number of rotatable bonds is 14. The minimum Gasteiger partial charge on any atom is -0.481 e. The number of hydrogen-bond donors (Lipinski definition) is 5. The van der Waals surface area contributed by atoms with Crippen LogP contribution >= 0.6 is 0 Å². The fourth-order valence-electron chi connectivity index (χ4n) is 4.58. The Kier molecular flexibility index (Phi) is 19.3. The van der Waals surface area contributed by atoms with Gasteiger partial charge in [-0.15, -0.1) is 0 Å². The molecular weight excluding hydrogens is 694 g/mol. The van der Waals surface area contributed by atoms with Crippen molar-refractivity contribution in [2.45, 2.75) is 52.5 Å². The number of pyridine rings is 1. The number of carboxylic acids is 1. The lowest BCUT2D eigenvalue weighted by atomic mass is 10.1. The average Bonchev–Trinajstić information content (AvgIpc) is 3.42. The first-order chi connectivity index (χ1) is 24.3. The number of carbonyl (C=O) groups is 3. The number of aromatic nitrogens is 3. The standard InChI is InChI=1S/C32H37N7O5.C2H5.CH4O3S.H2O/c1-3-4-5-8-19-44-32(43)37-30(33)22-10-13-24(14-11-22)35-21-28-36-25-20-23(12-15-26(25)38(28)2)31(42)39(18-16-29(40)41)27-9-6-7-17-34-27;1-2;1-5(2,3)4;/h6-7,9-15,17,20,35H,3-5,8,16,18-19,21H2,1-2H3,(H,40,41)(H2,33,37,43);1H2,2H3;1H3,(H,2,3,4);1H2. The Balaban J connectivity index is 0.00000155. The van der Waals surface area contributed by atoms with Crippen LogP contribution in [0.4, 0.5) is 16.3 Å². The zero-order chi connectivity index (χ0) is 38.0. The molecule has 2 amide bonds. The molecule has 283 valence electrons. The molecule has 0 saturated heterocycles. The van der Waals surface area contributed by atoms with Crippen molar-refractivity contribution in [2.24, 2.45) is 7.05 Å². The molecule has 0 aliphatic rings. The summed E-state index contributed by atoms with van der Waals surface area (Å²) in [6, 6.07) is 17.4. The predicted octanol–water partition coefficient (Wildman–Crippen LogP) is 4.85. The molecule has 0 aliphatic heterocycles. The van der Waals surface area contributed by atoms with E-state index in [9.17, 15) is 27.9 Å². The van der Waals surface area contributed by atoms with Gasteiger partial charge in [-0.3, -0.25) is 29.8 Å². The summed E-state index contributed by atoms with van der Waals surface area (Å²) in [4.78, 5) is 46.9. The van der Waals surface area contributed by atoms with Crippen molar-refractivity contribution in [3.63, 3.8) is 0 Å². The van der Waals surface area contributed by atoms with Crippen LogP contribution in [0, 0.1) is 12.3 Å². The molecule has 52 heavy (non-hydrogen) atoms. The third kappa shape index (κ3) is 15.2. The Morgan fingerprint density at radius 2 is 1.67 bits per heavy atom. The number of nitrogens with zero attached hydrogens (tertiary/aromatic N) is 4. The summed E-state index contributed by atoms with van der Waals surface area (Å²) < 4.78 is 32.9. The molecule has 0 bridgehead atoms. The molecular formula is C35H48N7O9S. The molecule has 2 aromatic carbocycles. The van der Waals surface area contributed by atoms with Crippen LogP contribution in [0.5, 0.6) is 0 Å². The lowest BCUT2D eigenvalue weighted by molar-refractivity contribution is -0.136. The van der Waals surface area contributed by atoms with Gasteiger partial charge in [-0.2, -0.15) is 8.42 Å². The van der Waals surface area contributed by atoms with Gasteiger partial charge in [0.2, 0.25) is 0 Å². The first-order valence-corrected chi connectivity index (χ1v) is 18.0. The number of anilines is 2. The summed E-state index contributed by atoms with van der Waals surface area (Å²) in [5.74, 6) is -0.302. The van der Waals surface area contributed by atoms with Gasteiger partial charge in [0.15, 0.2) is 0 Å². The van der Waals surface area contributed by atoms with Crippen LogP contribution in [-0.2, 0) is 33.2 Å². The van der Waals surface area contributed by atoms with E-state index in [1.807, 2.05) is 29.8 Å². The Morgan fingerprint density at radius 1 is 1.02 bits per heavy atom. The lowest BCUT2D eigenvalue weighted by Gasteiger charge is -2.21. The maximum Gasteiger partial charge on any atom is 0.412 e. The first-order valence-electron chi connectivity index (χ1n) is 16.2. The number of carboxylic acid groups (broad SMARTS) is 1. The molecule has 7 N–H and O–H groups in total. The molecule has 0 spiro atoms. The van der Waals surface area contributed by atoms with Gasteiger partial charge in [0.25, 0.3) is 16.0 Å². The van der Waals surface area contributed by atoms with E-state index in [-0.39, 0.29) is 30.2 Å². The van der Waals surface area contributed by atoms with Crippen LogP contribution in [0.1, 0.15) is 67.7 Å². The minimum atomic E-state index is -3.67. The molecule has 0 aliphatic carbocycles. The number of ether oxygens (including phenoxy) is 1. The van der Waals surface area contributed by atoms with Crippen LogP contribution < -0.4 is 15.5 Å². The highest BCUT2D eigenvalue weighted by Crippen LogP contribution is 2.21. The molecule has 0 unspecified atom stereocenters. The van der Waals surface area contributed by atoms with Crippen LogP contribution in [0.15, 0.2) is 66.9 Å². The maximum absolute atomic E-state index is 13.4. The molecule has 0 fully saturated rings. The van der Waals surface area contributed by atoms with E-state index in [2.05, 4.69) is 29.5 Å². The minimum absolute atomic E-state index is 0. The number of aryl methyl sites for hydroxylation is 1. The Hall–Kier alpha value is -5.39. The van der Waals surface area contributed by atoms with E-state index in [4.69, 9.17) is 19.7 Å². The summed E-state index contributed by atoms with van der Waals surface area (Å²) in [5, 5.41) is 23.1. The molecule has 2 heterocycles. The number of carbonyl (C=O) groups excluding carboxylic acids is 2. The summed E-state index contributed by atoms with van der Waals surface area (Å²) in [7, 11) is -1.78. The number of hydrogen-bond acceptors (Lipinski definition) is 10. The third-order valence-electron chi connectivity index (χ3n) is 7.02.